The van der Waals surface area contributed by atoms with E-state index in [0.717, 1.165) is 15.8 Å². The molecule has 4 nitrogen and oxygen atoms in total. The highest BCUT2D eigenvalue weighted by molar-refractivity contribution is 7.10. The van der Waals surface area contributed by atoms with Crippen molar-refractivity contribution in [1.29, 1.82) is 0 Å². The van der Waals surface area contributed by atoms with Gasteiger partial charge < -0.3 is 20.4 Å². The van der Waals surface area contributed by atoms with E-state index in [2.05, 4.69) is 5.73 Å². The average molecular weight is 382 g/mol. The number of hydrogen-bond donors (Lipinski definition) is 4. The van der Waals surface area contributed by atoms with Crippen molar-refractivity contribution in [2.24, 2.45) is 0 Å². The van der Waals surface area contributed by atoms with Crippen LogP contribution in [0, 0.1) is 0 Å². The fraction of sp³-hybridized carbons (Fsp3) is 0.227. The Labute approximate surface area is 162 Å². The number of aliphatic hydroxyl groups is 3. The molecule has 3 aromatic rings. The zero-order valence-corrected chi connectivity index (χ0v) is 15.6. The first-order valence-electron chi connectivity index (χ1n) is 8.74. The number of fused-ring (bicyclic) bond motifs is 1. The molecule has 0 bridgehead atoms. The van der Waals surface area contributed by atoms with Crippen LogP contribution in [0.5, 0.6) is 5.75 Å². The van der Waals surface area contributed by atoms with E-state index in [9.17, 15) is 20.4 Å². The van der Waals surface area contributed by atoms with Gasteiger partial charge in [0.15, 0.2) is 0 Å². The van der Waals surface area contributed by atoms with Crippen molar-refractivity contribution in [2.45, 2.75) is 25.0 Å². The summed E-state index contributed by atoms with van der Waals surface area (Å²) in [5.41, 5.74) is 4.31. The second-order valence-electron chi connectivity index (χ2n) is 6.32. The molecule has 3 rings (SSSR count). The standard InChI is InChI=1S/C22H22O4S/c23-14-15(13-21(26)22-9-4-12-27-22)5-3-8-19(24)18-10-11-20(25)17-7-2-1-6-16(17)18/h1-4,6-7,9-12,19,21,23-26H,8,13-14H2/t5?,19-,21-/m1/s1. The van der Waals surface area contributed by atoms with Crippen LogP contribution in [0.15, 0.2) is 71.3 Å². The Kier molecular flexibility index (Phi) is 6.45. The highest BCUT2D eigenvalue weighted by Gasteiger charge is 2.13. The molecule has 0 saturated carbocycles. The largest absolute Gasteiger partial charge is 0.507 e. The van der Waals surface area contributed by atoms with Gasteiger partial charge in [0, 0.05) is 23.1 Å². The lowest BCUT2D eigenvalue weighted by Crippen LogP contribution is -2.00. The van der Waals surface area contributed by atoms with Crippen LogP contribution in [0.4, 0.5) is 0 Å². The van der Waals surface area contributed by atoms with Crippen molar-refractivity contribution in [3.8, 4) is 5.75 Å². The van der Waals surface area contributed by atoms with Gasteiger partial charge in [-0.05, 0) is 40.1 Å². The maximum absolute atomic E-state index is 10.6. The van der Waals surface area contributed by atoms with Crippen LogP contribution in [0.2, 0.25) is 0 Å². The molecule has 1 heterocycles. The fourth-order valence-electron chi connectivity index (χ4n) is 3.02. The van der Waals surface area contributed by atoms with Gasteiger partial charge in [-0.2, -0.15) is 0 Å². The number of rotatable bonds is 7. The summed E-state index contributed by atoms with van der Waals surface area (Å²) in [4.78, 5) is 0.846. The molecule has 27 heavy (non-hydrogen) atoms. The second-order valence-corrected chi connectivity index (χ2v) is 7.30. The third kappa shape index (κ3) is 4.66. The molecule has 0 aliphatic rings. The Morgan fingerprint density at radius 2 is 1.78 bits per heavy atom. The number of hydrogen-bond acceptors (Lipinski definition) is 5. The molecule has 0 aliphatic carbocycles. The molecule has 0 unspecified atom stereocenters. The highest BCUT2D eigenvalue weighted by Crippen LogP contribution is 2.32. The number of phenolic OH excluding ortho intramolecular Hbond substituents is 1. The normalized spacial score (nSPS) is 13.1. The highest BCUT2D eigenvalue weighted by atomic mass is 32.1. The van der Waals surface area contributed by atoms with Crippen molar-refractivity contribution in [3.05, 3.63) is 81.7 Å². The number of aliphatic hydroxyl groups excluding tert-OH is 3. The Bertz CT molecular complexity index is 956. The predicted molar refractivity (Wildman–Crippen MR) is 108 cm³/mol. The summed E-state index contributed by atoms with van der Waals surface area (Å²) in [7, 11) is 0. The molecule has 0 aliphatic heterocycles. The first-order chi connectivity index (χ1) is 13.1. The van der Waals surface area contributed by atoms with Gasteiger partial charge in [-0.15, -0.1) is 17.1 Å². The quantitative estimate of drug-likeness (QED) is 0.461. The average Bonchev–Trinajstić information content (AvgIpc) is 3.22. The molecule has 2 aromatic carbocycles. The van der Waals surface area contributed by atoms with Crippen molar-refractivity contribution in [3.63, 3.8) is 0 Å². The lowest BCUT2D eigenvalue weighted by atomic mass is 9.98. The first kappa shape index (κ1) is 19.4. The van der Waals surface area contributed by atoms with Gasteiger partial charge in [0.2, 0.25) is 0 Å². The van der Waals surface area contributed by atoms with Gasteiger partial charge in [-0.25, -0.2) is 0 Å². The molecule has 0 saturated heterocycles. The molecule has 0 spiro atoms. The van der Waals surface area contributed by atoms with Crippen LogP contribution in [-0.2, 0) is 0 Å². The van der Waals surface area contributed by atoms with Gasteiger partial charge in [0.1, 0.15) is 5.75 Å². The summed E-state index contributed by atoms with van der Waals surface area (Å²) in [5, 5.41) is 43.6. The van der Waals surface area contributed by atoms with E-state index in [4.69, 9.17) is 0 Å². The first-order valence-corrected chi connectivity index (χ1v) is 9.62. The minimum Gasteiger partial charge on any atom is -0.507 e. The number of aromatic hydroxyl groups is 1. The van der Waals surface area contributed by atoms with Gasteiger partial charge in [0.25, 0.3) is 0 Å². The van der Waals surface area contributed by atoms with E-state index in [0.29, 0.717) is 23.8 Å². The number of thiophene rings is 1. The third-order valence-electron chi connectivity index (χ3n) is 4.44. The smallest absolute Gasteiger partial charge is 0.123 e. The Morgan fingerprint density at radius 1 is 1.00 bits per heavy atom. The third-order valence-corrected chi connectivity index (χ3v) is 5.42. The summed E-state index contributed by atoms with van der Waals surface area (Å²) < 4.78 is 0. The van der Waals surface area contributed by atoms with E-state index < -0.39 is 12.2 Å². The van der Waals surface area contributed by atoms with Crippen LogP contribution < -0.4 is 0 Å². The Hall–Kier alpha value is -2.40. The molecule has 4 N–H and O–H groups in total. The van der Waals surface area contributed by atoms with Crippen molar-refractivity contribution in [1.82, 2.24) is 0 Å². The van der Waals surface area contributed by atoms with E-state index in [1.54, 1.807) is 18.2 Å². The minimum absolute atomic E-state index is 0.183. The monoisotopic (exact) mass is 382 g/mol. The van der Waals surface area contributed by atoms with Crippen LogP contribution >= 0.6 is 11.3 Å². The molecule has 2 atom stereocenters. The van der Waals surface area contributed by atoms with Crippen LogP contribution in [0.3, 0.4) is 0 Å². The van der Waals surface area contributed by atoms with Crippen LogP contribution in [0.25, 0.3) is 10.8 Å². The predicted octanol–water partition coefficient (Wildman–Crippen LogP) is 4.23. The topological polar surface area (TPSA) is 80.9 Å². The van der Waals surface area contributed by atoms with Crippen LogP contribution in [-0.4, -0.2) is 27.0 Å². The molecular formula is C22H22O4S. The zero-order valence-electron chi connectivity index (χ0n) is 14.7. The van der Waals surface area contributed by atoms with E-state index in [1.807, 2.05) is 41.8 Å². The molecule has 0 radical (unpaired) electrons. The molecule has 140 valence electrons. The summed E-state index contributed by atoms with van der Waals surface area (Å²) in [6.07, 6.45) is 0.863. The molecule has 0 fully saturated rings. The fourth-order valence-corrected chi connectivity index (χ4v) is 3.73. The Balaban J connectivity index is 1.74. The summed E-state index contributed by atoms with van der Waals surface area (Å²) in [6.45, 7) is -0.197. The molecule has 5 heteroatoms. The lowest BCUT2D eigenvalue weighted by Gasteiger charge is -2.13. The minimum atomic E-state index is -0.759. The maximum Gasteiger partial charge on any atom is 0.123 e. The zero-order chi connectivity index (χ0) is 19.2. The summed E-state index contributed by atoms with van der Waals surface area (Å²) in [5.74, 6) is 0.183. The molecular weight excluding hydrogens is 360 g/mol. The molecule has 0 amide bonds. The second kappa shape index (κ2) is 9.00. The van der Waals surface area contributed by atoms with Crippen molar-refractivity contribution >= 4 is 22.1 Å². The van der Waals surface area contributed by atoms with E-state index in [-0.39, 0.29) is 12.4 Å². The van der Waals surface area contributed by atoms with Crippen molar-refractivity contribution in [2.75, 3.05) is 6.61 Å². The lowest BCUT2D eigenvalue weighted by molar-refractivity contribution is 0.175. The van der Waals surface area contributed by atoms with Gasteiger partial charge in [-0.1, -0.05) is 36.4 Å². The van der Waals surface area contributed by atoms with E-state index in [1.165, 1.54) is 11.3 Å². The van der Waals surface area contributed by atoms with Gasteiger partial charge in [0.05, 0.1) is 18.8 Å². The number of benzene rings is 2. The Morgan fingerprint density at radius 3 is 2.48 bits per heavy atom. The molecule has 1 aromatic heterocycles. The summed E-state index contributed by atoms with van der Waals surface area (Å²) >= 11 is 1.47. The number of phenols is 1. The van der Waals surface area contributed by atoms with Crippen molar-refractivity contribution < 1.29 is 20.4 Å². The van der Waals surface area contributed by atoms with E-state index >= 15 is 0 Å². The van der Waals surface area contributed by atoms with Gasteiger partial charge in [-0.3, -0.25) is 0 Å². The SMILES string of the molecule is OCC(=C=CC[C@@H](O)c1ccc(O)c2ccccc12)C[C@@H](O)c1cccs1. The summed E-state index contributed by atoms with van der Waals surface area (Å²) in [6, 6.07) is 14.4. The maximum atomic E-state index is 10.6. The van der Waals surface area contributed by atoms with Crippen LogP contribution in [0.1, 0.15) is 35.5 Å². The van der Waals surface area contributed by atoms with Gasteiger partial charge >= 0.3 is 0 Å².